The molecule has 3 aromatic heterocycles. The van der Waals surface area contributed by atoms with Crippen LogP contribution in [0.2, 0.25) is 0 Å². The number of nitrogens with zero attached hydrogens (tertiary/aromatic N) is 3. The zero-order chi connectivity index (χ0) is 11.7. The summed E-state index contributed by atoms with van der Waals surface area (Å²) < 4.78 is 5.18. The Morgan fingerprint density at radius 2 is 2.24 bits per heavy atom. The molecular formula is C11H5N3OS2. The van der Waals surface area contributed by atoms with Gasteiger partial charge >= 0.3 is 0 Å². The second kappa shape index (κ2) is 4.13. The van der Waals surface area contributed by atoms with Crippen LogP contribution >= 0.6 is 22.7 Å². The Labute approximate surface area is 105 Å². The minimum absolute atomic E-state index is 0.456. The number of aromatic nitrogens is 2. The minimum atomic E-state index is 0.456. The second-order valence-corrected chi connectivity index (χ2v) is 5.07. The summed E-state index contributed by atoms with van der Waals surface area (Å²) >= 11 is 2.93. The maximum absolute atomic E-state index is 8.75. The highest BCUT2D eigenvalue weighted by Crippen LogP contribution is 2.28. The molecule has 82 valence electrons. The van der Waals surface area contributed by atoms with Crippen molar-refractivity contribution < 1.29 is 4.52 Å². The Morgan fingerprint density at radius 1 is 1.29 bits per heavy atom. The second-order valence-electron chi connectivity index (χ2n) is 3.21. The third kappa shape index (κ3) is 1.86. The monoisotopic (exact) mass is 259 g/mol. The number of nitriles is 1. The molecule has 6 heteroatoms. The van der Waals surface area contributed by atoms with Crippen molar-refractivity contribution in [3.8, 4) is 28.2 Å². The van der Waals surface area contributed by atoms with Gasteiger partial charge in [0, 0.05) is 10.9 Å². The van der Waals surface area contributed by atoms with Crippen LogP contribution in [0.15, 0.2) is 33.5 Å². The van der Waals surface area contributed by atoms with Gasteiger partial charge in [-0.05, 0) is 23.6 Å². The topological polar surface area (TPSA) is 62.7 Å². The van der Waals surface area contributed by atoms with E-state index < -0.39 is 0 Å². The maximum Gasteiger partial charge on any atom is 0.268 e. The van der Waals surface area contributed by atoms with Gasteiger partial charge in [0.05, 0.1) is 4.88 Å². The highest BCUT2D eigenvalue weighted by atomic mass is 32.1. The first-order valence-electron chi connectivity index (χ1n) is 4.73. The van der Waals surface area contributed by atoms with Crippen molar-refractivity contribution >= 4 is 22.7 Å². The molecule has 0 aliphatic heterocycles. The van der Waals surface area contributed by atoms with Crippen LogP contribution in [0, 0.1) is 11.3 Å². The van der Waals surface area contributed by atoms with Crippen LogP contribution in [-0.4, -0.2) is 10.1 Å². The van der Waals surface area contributed by atoms with Gasteiger partial charge in [0.25, 0.3) is 5.89 Å². The van der Waals surface area contributed by atoms with E-state index in [0.29, 0.717) is 16.6 Å². The average molecular weight is 259 g/mol. The van der Waals surface area contributed by atoms with E-state index in [2.05, 4.69) is 16.2 Å². The van der Waals surface area contributed by atoms with E-state index in [1.165, 1.54) is 11.3 Å². The smallest absolute Gasteiger partial charge is 0.268 e. The van der Waals surface area contributed by atoms with E-state index >= 15 is 0 Å². The first-order chi connectivity index (χ1) is 8.36. The molecule has 0 unspecified atom stereocenters. The fraction of sp³-hybridized carbons (Fsp3) is 0. The van der Waals surface area contributed by atoms with Gasteiger partial charge in [-0.3, -0.25) is 0 Å². The van der Waals surface area contributed by atoms with Gasteiger partial charge in [0.15, 0.2) is 0 Å². The van der Waals surface area contributed by atoms with Crippen molar-refractivity contribution in [2.45, 2.75) is 0 Å². The number of thiophene rings is 2. The molecule has 0 saturated heterocycles. The Balaban J connectivity index is 1.98. The van der Waals surface area contributed by atoms with Gasteiger partial charge in [-0.2, -0.15) is 21.6 Å². The van der Waals surface area contributed by atoms with Gasteiger partial charge in [0.1, 0.15) is 10.9 Å². The van der Waals surface area contributed by atoms with Gasteiger partial charge in [-0.1, -0.05) is 5.16 Å². The molecule has 4 nitrogen and oxygen atoms in total. The zero-order valence-electron chi connectivity index (χ0n) is 8.45. The van der Waals surface area contributed by atoms with E-state index in [1.807, 2.05) is 22.9 Å². The molecule has 0 atom stereocenters. The summed E-state index contributed by atoms with van der Waals surface area (Å²) in [4.78, 5) is 5.75. The third-order valence-corrected chi connectivity index (χ3v) is 3.79. The quantitative estimate of drug-likeness (QED) is 0.707. The zero-order valence-corrected chi connectivity index (χ0v) is 10.1. The lowest BCUT2D eigenvalue weighted by Crippen LogP contribution is -1.75. The average Bonchev–Trinajstić information content (AvgIpc) is 3.09. The molecule has 0 radical (unpaired) electrons. The van der Waals surface area contributed by atoms with Crippen LogP contribution in [-0.2, 0) is 0 Å². The van der Waals surface area contributed by atoms with E-state index in [0.717, 1.165) is 10.4 Å². The van der Waals surface area contributed by atoms with Gasteiger partial charge in [-0.15, -0.1) is 11.3 Å². The molecule has 0 bridgehead atoms. The molecule has 0 fully saturated rings. The molecule has 0 saturated carbocycles. The predicted octanol–water partition coefficient (Wildman–Crippen LogP) is 3.40. The Bertz CT molecular complexity index is 676. The van der Waals surface area contributed by atoms with E-state index in [-0.39, 0.29) is 0 Å². The Kier molecular flexibility index (Phi) is 2.48. The molecule has 3 rings (SSSR count). The van der Waals surface area contributed by atoms with Crippen molar-refractivity contribution in [2.24, 2.45) is 0 Å². The molecule has 0 aliphatic rings. The first-order valence-corrected chi connectivity index (χ1v) is 6.49. The molecular weight excluding hydrogens is 254 g/mol. The number of rotatable bonds is 2. The summed E-state index contributed by atoms with van der Waals surface area (Å²) in [5.74, 6) is 1.03. The van der Waals surface area contributed by atoms with Gasteiger partial charge in [-0.25, -0.2) is 0 Å². The lowest BCUT2D eigenvalue weighted by Gasteiger charge is -1.83. The molecule has 0 amide bonds. The maximum atomic E-state index is 8.75. The summed E-state index contributed by atoms with van der Waals surface area (Å²) in [6.07, 6.45) is 0. The van der Waals surface area contributed by atoms with Gasteiger partial charge < -0.3 is 4.52 Å². The SMILES string of the molecule is N#Cc1ccc(-c2nc(-c3ccsc3)no2)s1. The van der Waals surface area contributed by atoms with E-state index in [1.54, 1.807) is 17.4 Å². The highest BCUT2D eigenvalue weighted by molar-refractivity contribution is 7.15. The van der Waals surface area contributed by atoms with Crippen molar-refractivity contribution in [1.29, 1.82) is 5.26 Å². The molecule has 0 aromatic carbocycles. The Hall–Kier alpha value is -1.97. The lowest BCUT2D eigenvalue weighted by atomic mass is 10.3. The van der Waals surface area contributed by atoms with Crippen LogP contribution in [0.3, 0.4) is 0 Å². The molecule has 17 heavy (non-hydrogen) atoms. The largest absolute Gasteiger partial charge is 0.333 e. The standard InChI is InChI=1S/C11H5N3OS2/c12-5-8-1-2-9(17-8)11-13-10(14-15-11)7-3-4-16-6-7/h1-4,6H. The first kappa shape index (κ1) is 10.2. The van der Waals surface area contributed by atoms with Crippen molar-refractivity contribution in [1.82, 2.24) is 10.1 Å². The molecule has 0 spiro atoms. The summed E-state index contributed by atoms with van der Waals surface area (Å²) in [6.45, 7) is 0. The molecule has 3 heterocycles. The van der Waals surface area contributed by atoms with Crippen LogP contribution in [0.5, 0.6) is 0 Å². The summed E-state index contributed by atoms with van der Waals surface area (Å²) in [5, 5.41) is 16.6. The van der Waals surface area contributed by atoms with Crippen LogP contribution in [0.25, 0.3) is 22.2 Å². The third-order valence-electron chi connectivity index (χ3n) is 2.13. The van der Waals surface area contributed by atoms with Gasteiger partial charge in [0.2, 0.25) is 5.82 Å². The van der Waals surface area contributed by atoms with Crippen molar-refractivity contribution in [3.63, 3.8) is 0 Å². The van der Waals surface area contributed by atoms with Crippen molar-refractivity contribution in [2.75, 3.05) is 0 Å². The molecule has 0 aliphatic carbocycles. The molecule has 3 aromatic rings. The highest BCUT2D eigenvalue weighted by Gasteiger charge is 2.12. The Morgan fingerprint density at radius 3 is 2.94 bits per heavy atom. The lowest BCUT2D eigenvalue weighted by molar-refractivity contribution is 0.433. The fourth-order valence-corrected chi connectivity index (χ4v) is 2.70. The summed E-state index contributed by atoms with van der Waals surface area (Å²) in [5.41, 5.74) is 0.946. The van der Waals surface area contributed by atoms with E-state index in [9.17, 15) is 0 Å². The minimum Gasteiger partial charge on any atom is -0.333 e. The molecule has 0 N–H and O–H groups in total. The van der Waals surface area contributed by atoms with Crippen LogP contribution in [0.4, 0.5) is 0 Å². The van der Waals surface area contributed by atoms with E-state index in [4.69, 9.17) is 9.78 Å². The number of hydrogen-bond donors (Lipinski definition) is 0. The fourth-order valence-electron chi connectivity index (χ4n) is 1.35. The van der Waals surface area contributed by atoms with Crippen molar-refractivity contribution in [3.05, 3.63) is 33.8 Å². The summed E-state index contributed by atoms with van der Waals surface area (Å²) in [7, 11) is 0. The normalized spacial score (nSPS) is 10.3. The number of hydrogen-bond acceptors (Lipinski definition) is 6. The summed E-state index contributed by atoms with van der Waals surface area (Å²) in [6, 6.07) is 7.58. The predicted molar refractivity (Wildman–Crippen MR) is 65.6 cm³/mol. The van der Waals surface area contributed by atoms with Crippen LogP contribution in [0.1, 0.15) is 4.88 Å². The van der Waals surface area contributed by atoms with Crippen LogP contribution < -0.4 is 0 Å².